The smallest absolute Gasteiger partial charge is 0.356 e. The first-order valence-electron chi connectivity index (χ1n) is 1.64. The Labute approximate surface area is 96.7 Å². The molecule has 0 aliphatic rings. The van der Waals surface area contributed by atoms with E-state index in [1.807, 2.05) is 0 Å². The normalized spacial score (nSPS) is 5.54. The van der Waals surface area contributed by atoms with Crippen molar-refractivity contribution in [2.45, 2.75) is 0 Å². The second-order valence-electron chi connectivity index (χ2n) is 0.671. The van der Waals surface area contributed by atoms with Gasteiger partial charge in [-0.05, 0) is 0 Å². The zero-order valence-corrected chi connectivity index (χ0v) is 8.94. The topological polar surface area (TPSA) is 199 Å². The molecule has 0 aromatic rings. The molecule has 0 aliphatic heterocycles. The molecule has 13 heavy (non-hydrogen) atoms. The summed E-state index contributed by atoms with van der Waals surface area (Å²) in [6, 6.07) is 0. The first kappa shape index (κ1) is 22.5. The van der Waals surface area contributed by atoms with Gasteiger partial charge in [0.05, 0.1) is 15.3 Å². The van der Waals surface area contributed by atoms with Crippen LogP contribution in [-0.2, 0) is 0 Å². The second-order valence-corrected chi connectivity index (χ2v) is 0.671. The van der Waals surface area contributed by atoms with E-state index >= 15 is 0 Å². The van der Waals surface area contributed by atoms with Crippen molar-refractivity contribution in [3.05, 3.63) is 46.0 Å². The Morgan fingerprint density at radius 1 is 0.615 bits per heavy atom. The van der Waals surface area contributed by atoms with Crippen LogP contribution in [0.2, 0.25) is 0 Å². The molecule has 0 amide bonds. The molecule has 86 valence electrons. The van der Waals surface area contributed by atoms with Gasteiger partial charge < -0.3 is 46.0 Å². The molecule has 0 aliphatic carbocycles. The van der Waals surface area contributed by atoms with Gasteiger partial charge in [0.2, 0.25) is 0 Å². The number of nitrogens with zero attached hydrogens (tertiary/aromatic N) is 3. The molecule has 0 rings (SSSR count). The van der Waals surface area contributed by atoms with Crippen LogP contribution in [0.4, 0.5) is 0 Å². The molecule has 0 saturated heterocycles. The summed E-state index contributed by atoms with van der Waals surface area (Å²) < 4.78 is 0. The van der Waals surface area contributed by atoms with Crippen molar-refractivity contribution in [3.8, 4) is 0 Å². The maximum Gasteiger partial charge on any atom is 3.00 e. The Bertz CT molecular complexity index is 130. The van der Waals surface area contributed by atoms with Crippen LogP contribution in [0.25, 0.3) is 0 Å². The van der Waals surface area contributed by atoms with E-state index in [4.69, 9.17) is 46.0 Å². The van der Waals surface area contributed by atoms with Crippen molar-refractivity contribution in [1.29, 1.82) is 0 Å². The predicted octanol–water partition coefficient (Wildman–Crippen LogP) is 0.378. The summed E-state index contributed by atoms with van der Waals surface area (Å²) in [5.74, 6) is 0. The Kier molecular flexibility index (Phi) is 29.2. The van der Waals surface area contributed by atoms with Crippen molar-refractivity contribution in [2.24, 2.45) is 0 Å². The van der Waals surface area contributed by atoms with E-state index < -0.39 is 15.3 Å². The summed E-state index contributed by atoms with van der Waals surface area (Å²) in [4.78, 5) is 24.8. The van der Waals surface area contributed by atoms with Gasteiger partial charge >= 0.3 is 26.2 Å². The first-order valence-corrected chi connectivity index (χ1v) is 1.64. The van der Waals surface area contributed by atoms with Gasteiger partial charge in [0.1, 0.15) is 0 Å². The minimum absolute atomic E-state index is 0. The molecule has 12 nitrogen and oxygen atoms in total. The van der Waals surface area contributed by atoms with Gasteiger partial charge in [-0.3, -0.25) is 0 Å². The quantitative estimate of drug-likeness (QED) is 0.309. The number of hydrogen-bond donors (Lipinski definition) is 0. The summed E-state index contributed by atoms with van der Waals surface area (Å²) in [5, 5.41) is 44.2. The van der Waals surface area contributed by atoms with Crippen LogP contribution in [0.1, 0.15) is 8.56 Å². The molecule has 0 aromatic heterocycles. The molecule has 0 atom stereocenters. The van der Waals surface area contributed by atoms with Crippen molar-refractivity contribution in [1.82, 2.24) is 0 Å². The maximum absolute atomic E-state index is 8.25. The Morgan fingerprint density at radius 2 is 0.615 bits per heavy atom. The molecule has 13 heteroatoms. The minimum Gasteiger partial charge on any atom is -0.356 e. The summed E-state index contributed by atoms with van der Waals surface area (Å²) in [5.41, 5.74) is 0. The average Bonchev–Trinajstić information content (AvgIpc) is 1.54. The van der Waals surface area contributed by atoms with Gasteiger partial charge in [0.25, 0.3) is 0 Å². The summed E-state index contributed by atoms with van der Waals surface area (Å²) >= 11 is 0. The maximum atomic E-state index is 8.25. The molecule has 2 radical (unpaired) electrons. The molecule has 0 fully saturated rings. The van der Waals surface area contributed by atoms with Gasteiger partial charge in [-0.2, -0.15) is 0 Å². The second kappa shape index (κ2) is 16.8. The van der Waals surface area contributed by atoms with Crippen LogP contribution in [0.15, 0.2) is 0 Å². The zero-order chi connectivity index (χ0) is 10.7. The van der Waals surface area contributed by atoms with Crippen LogP contribution in [0.3, 0.4) is 0 Å². The Balaban J connectivity index is -0.00000000675. The molecule has 0 N–H and O–H groups in total. The standard InChI is InChI=1S/Bi.3NO3.6H2/c;3*2-1(3)4;;;;;;/h;;;;6*1H/q+3;3*-1;;;;;;. The van der Waals surface area contributed by atoms with E-state index in [2.05, 4.69) is 0 Å². The molecular formula is H12BiN3O9. The molecule has 0 heterocycles. The molecular weight excluding hydrogens is 395 g/mol. The monoisotopic (exact) mass is 407 g/mol. The number of rotatable bonds is 0. The third kappa shape index (κ3) is 328. The Morgan fingerprint density at radius 3 is 0.615 bits per heavy atom. The third-order valence-electron chi connectivity index (χ3n) is 0. The van der Waals surface area contributed by atoms with Crippen molar-refractivity contribution in [3.63, 3.8) is 0 Å². The van der Waals surface area contributed by atoms with E-state index in [0.717, 1.165) is 0 Å². The van der Waals surface area contributed by atoms with Gasteiger partial charge in [0.15, 0.2) is 0 Å². The molecule has 0 spiro atoms. The van der Waals surface area contributed by atoms with Crippen molar-refractivity contribution < 1.29 is 23.8 Å². The third-order valence-corrected chi connectivity index (χ3v) is 0. The summed E-state index contributed by atoms with van der Waals surface area (Å²) in [7, 11) is 0. The van der Waals surface area contributed by atoms with E-state index in [9.17, 15) is 0 Å². The SMILES string of the molecule is O=[N+]([O-])[O-].O=[N+]([O-])[O-].O=[N+]([O-])[O-].[Bi+3].[HH].[HH].[HH].[HH].[HH].[HH]. The molecule has 0 aromatic carbocycles. The van der Waals surface area contributed by atoms with E-state index in [1.54, 1.807) is 0 Å². The molecule has 0 saturated carbocycles. The van der Waals surface area contributed by atoms with Crippen molar-refractivity contribution >= 4 is 26.2 Å². The van der Waals surface area contributed by atoms with Gasteiger partial charge in [0, 0.05) is 8.56 Å². The van der Waals surface area contributed by atoms with Gasteiger partial charge in [-0.1, -0.05) is 0 Å². The summed E-state index contributed by atoms with van der Waals surface area (Å²) in [6.45, 7) is 0. The van der Waals surface area contributed by atoms with Crippen molar-refractivity contribution in [2.75, 3.05) is 0 Å². The zero-order valence-electron chi connectivity index (χ0n) is 5.46. The van der Waals surface area contributed by atoms with E-state index in [1.165, 1.54) is 0 Å². The van der Waals surface area contributed by atoms with Crippen LogP contribution in [0, 0.1) is 46.0 Å². The fraction of sp³-hybridized carbons (Fsp3) is 0. The summed E-state index contributed by atoms with van der Waals surface area (Å²) in [6.07, 6.45) is 0. The largest absolute Gasteiger partial charge is 3.00 e. The fourth-order valence-corrected chi connectivity index (χ4v) is 0. The van der Waals surface area contributed by atoms with Gasteiger partial charge in [-0.15, -0.1) is 0 Å². The van der Waals surface area contributed by atoms with Crippen LogP contribution in [-0.4, -0.2) is 41.5 Å². The van der Waals surface area contributed by atoms with Crippen LogP contribution in [0.5, 0.6) is 0 Å². The van der Waals surface area contributed by atoms with E-state index in [-0.39, 0.29) is 34.8 Å². The molecule has 0 unspecified atom stereocenters. The van der Waals surface area contributed by atoms with Crippen LogP contribution < -0.4 is 0 Å². The van der Waals surface area contributed by atoms with E-state index in [0.29, 0.717) is 0 Å². The van der Waals surface area contributed by atoms with Gasteiger partial charge in [-0.25, -0.2) is 0 Å². The fourth-order valence-electron chi connectivity index (χ4n) is 0. The minimum atomic E-state index is -1.75. The average molecular weight is 407 g/mol. The predicted molar refractivity (Wildman–Crippen MR) is 49.5 cm³/mol. The molecule has 0 bridgehead atoms. The first-order chi connectivity index (χ1) is 5.20. The number of hydrogen-bond acceptors (Lipinski definition) is 9. The van der Waals surface area contributed by atoms with Crippen LogP contribution >= 0.6 is 0 Å². The Hall–Kier alpha value is -1.52.